The molecule has 1 aliphatic carbocycles. The highest BCUT2D eigenvalue weighted by Gasteiger charge is 2.29. The van der Waals surface area contributed by atoms with Crippen molar-refractivity contribution < 1.29 is 4.79 Å². The van der Waals surface area contributed by atoms with Gasteiger partial charge in [0.1, 0.15) is 0 Å². The van der Waals surface area contributed by atoms with Gasteiger partial charge in [-0.3, -0.25) is 4.79 Å². The number of anilines is 1. The molecule has 2 rings (SSSR count). The first-order valence-electron chi connectivity index (χ1n) is 8.62. The van der Waals surface area contributed by atoms with Crippen LogP contribution < -0.4 is 5.32 Å². The van der Waals surface area contributed by atoms with Crippen LogP contribution in [-0.2, 0) is 17.6 Å². The molecule has 1 N–H and O–H groups in total. The van der Waals surface area contributed by atoms with Gasteiger partial charge in [0.15, 0.2) is 5.13 Å². The molecule has 0 aliphatic heterocycles. The number of nitrogens with zero attached hydrogens (tertiary/aromatic N) is 1. The van der Waals surface area contributed by atoms with Gasteiger partial charge >= 0.3 is 0 Å². The Kier molecular flexibility index (Phi) is 5.65. The zero-order chi connectivity index (χ0) is 16.3. The number of aromatic nitrogens is 1. The molecule has 1 aromatic heterocycles. The van der Waals surface area contributed by atoms with Gasteiger partial charge in [0.25, 0.3) is 0 Å². The van der Waals surface area contributed by atoms with E-state index in [0.29, 0.717) is 11.3 Å². The molecular weight excluding hydrogens is 292 g/mol. The summed E-state index contributed by atoms with van der Waals surface area (Å²) in [5.41, 5.74) is 1.57. The average Bonchev–Trinajstić information content (AvgIpc) is 2.78. The molecule has 0 saturated carbocycles. The number of aryl methyl sites for hydroxylation is 1. The summed E-state index contributed by atoms with van der Waals surface area (Å²) in [7, 11) is 0. The zero-order valence-electron chi connectivity index (χ0n) is 14.7. The SMILES string of the molecule is CCCCC(C(=O)Nc1nc2c(s1)CC(C)(C)CC2)C(C)C. The smallest absolute Gasteiger partial charge is 0.229 e. The first-order chi connectivity index (χ1) is 10.3. The number of thiazole rings is 1. The molecule has 0 radical (unpaired) electrons. The van der Waals surface area contributed by atoms with Crippen LogP contribution in [0.15, 0.2) is 0 Å². The monoisotopic (exact) mass is 322 g/mol. The summed E-state index contributed by atoms with van der Waals surface area (Å²) in [4.78, 5) is 18.6. The van der Waals surface area contributed by atoms with E-state index < -0.39 is 0 Å². The first-order valence-corrected chi connectivity index (χ1v) is 9.43. The fourth-order valence-corrected chi connectivity index (χ4v) is 4.41. The van der Waals surface area contributed by atoms with E-state index in [9.17, 15) is 4.79 Å². The van der Waals surface area contributed by atoms with Crippen molar-refractivity contribution in [2.24, 2.45) is 17.3 Å². The van der Waals surface area contributed by atoms with Crippen LogP contribution in [0.5, 0.6) is 0 Å². The second-order valence-corrected chi connectivity index (χ2v) is 8.80. The quantitative estimate of drug-likeness (QED) is 0.795. The third-order valence-corrected chi connectivity index (χ3v) is 5.71. The summed E-state index contributed by atoms with van der Waals surface area (Å²) in [5, 5.41) is 3.89. The summed E-state index contributed by atoms with van der Waals surface area (Å²) in [6, 6.07) is 0. The Bertz CT molecular complexity index is 519. The maximum atomic E-state index is 12.6. The van der Waals surface area contributed by atoms with Crippen LogP contribution in [0.1, 0.15) is 70.9 Å². The number of unbranched alkanes of at least 4 members (excludes halogenated alkanes) is 1. The predicted molar refractivity (Wildman–Crippen MR) is 94.4 cm³/mol. The van der Waals surface area contributed by atoms with Gasteiger partial charge in [-0.15, -0.1) is 11.3 Å². The fraction of sp³-hybridized carbons (Fsp3) is 0.778. The Labute approximate surface area is 138 Å². The highest BCUT2D eigenvalue weighted by atomic mass is 32.1. The molecule has 124 valence electrons. The summed E-state index contributed by atoms with van der Waals surface area (Å²) >= 11 is 1.68. The molecule has 0 bridgehead atoms. The molecule has 1 unspecified atom stereocenters. The number of hydrogen-bond acceptors (Lipinski definition) is 3. The maximum absolute atomic E-state index is 12.6. The van der Waals surface area contributed by atoms with Crippen molar-refractivity contribution in [3.05, 3.63) is 10.6 Å². The minimum Gasteiger partial charge on any atom is -0.302 e. The van der Waals surface area contributed by atoms with E-state index in [0.717, 1.165) is 37.2 Å². The summed E-state index contributed by atoms with van der Waals surface area (Å²) < 4.78 is 0. The lowest BCUT2D eigenvalue weighted by molar-refractivity contribution is -0.121. The molecule has 3 nitrogen and oxygen atoms in total. The molecule has 1 amide bonds. The van der Waals surface area contributed by atoms with E-state index >= 15 is 0 Å². The molecule has 1 aromatic rings. The standard InChI is InChI=1S/C18H30N2OS/c1-6-7-8-13(12(2)3)16(21)20-17-19-14-9-10-18(4,5)11-15(14)22-17/h12-13H,6-11H2,1-5H3,(H,19,20,21). The molecule has 0 fully saturated rings. The Morgan fingerprint density at radius 2 is 2.14 bits per heavy atom. The summed E-state index contributed by atoms with van der Waals surface area (Å²) in [6.07, 6.45) is 6.52. The van der Waals surface area contributed by atoms with Gasteiger partial charge in [-0.25, -0.2) is 4.98 Å². The van der Waals surface area contributed by atoms with Gasteiger partial charge in [0.2, 0.25) is 5.91 Å². The average molecular weight is 323 g/mol. The number of fused-ring (bicyclic) bond motifs is 1. The van der Waals surface area contributed by atoms with Crippen LogP contribution in [0, 0.1) is 17.3 Å². The molecule has 1 atom stereocenters. The predicted octanol–water partition coefficient (Wildman–Crippen LogP) is 5.06. The highest BCUT2D eigenvalue weighted by molar-refractivity contribution is 7.15. The lowest BCUT2D eigenvalue weighted by Crippen LogP contribution is -2.27. The number of rotatable bonds is 6. The summed E-state index contributed by atoms with van der Waals surface area (Å²) in [5.74, 6) is 0.617. The van der Waals surface area contributed by atoms with Gasteiger partial charge < -0.3 is 5.32 Å². The van der Waals surface area contributed by atoms with Crippen molar-refractivity contribution in [3.8, 4) is 0 Å². The maximum Gasteiger partial charge on any atom is 0.229 e. The van der Waals surface area contributed by atoms with Crippen LogP contribution in [0.25, 0.3) is 0 Å². The van der Waals surface area contributed by atoms with Gasteiger partial charge in [-0.2, -0.15) is 0 Å². The van der Waals surface area contributed by atoms with Gasteiger partial charge in [-0.05, 0) is 37.0 Å². The van der Waals surface area contributed by atoms with Crippen LogP contribution >= 0.6 is 11.3 Å². The lowest BCUT2D eigenvalue weighted by Gasteiger charge is -2.28. The van der Waals surface area contributed by atoms with Crippen molar-refractivity contribution in [3.63, 3.8) is 0 Å². The molecule has 0 saturated heterocycles. The molecule has 1 aliphatic rings. The third kappa shape index (κ3) is 4.31. The van der Waals surface area contributed by atoms with Crippen molar-refractivity contribution in [1.29, 1.82) is 0 Å². The van der Waals surface area contributed by atoms with Crippen molar-refractivity contribution >= 4 is 22.4 Å². The molecule has 0 spiro atoms. The number of amides is 1. The fourth-order valence-electron chi connectivity index (χ4n) is 3.14. The highest BCUT2D eigenvalue weighted by Crippen LogP contribution is 2.38. The second kappa shape index (κ2) is 7.12. The second-order valence-electron chi connectivity index (χ2n) is 7.71. The molecular formula is C18H30N2OS. The van der Waals surface area contributed by atoms with Crippen molar-refractivity contribution in [2.45, 2.75) is 73.1 Å². The van der Waals surface area contributed by atoms with Crippen LogP contribution in [0.4, 0.5) is 5.13 Å². The van der Waals surface area contributed by atoms with E-state index in [-0.39, 0.29) is 11.8 Å². The minimum atomic E-state index is 0.0947. The number of hydrogen-bond donors (Lipinski definition) is 1. The van der Waals surface area contributed by atoms with E-state index in [4.69, 9.17) is 0 Å². The van der Waals surface area contributed by atoms with E-state index in [1.54, 1.807) is 11.3 Å². The Hall–Kier alpha value is -0.900. The molecule has 0 aromatic carbocycles. The number of nitrogens with one attached hydrogen (secondary N) is 1. The first kappa shape index (κ1) is 17.5. The minimum absolute atomic E-state index is 0.0947. The van der Waals surface area contributed by atoms with Gasteiger partial charge in [-0.1, -0.05) is 47.5 Å². The number of carbonyl (C=O) groups excluding carboxylic acids is 1. The number of carbonyl (C=O) groups is 1. The third-order valence-electron chi connectivity index (χ3n) is 4.70. The molecule has 22 heavy (non-hydrogen) atoms. The van der Waals surface area contributed by atoms with Crippen LogP contribution in [-0.4, -0.2) is 10.9 Å². The lowest BCUT2D eigenvalue weighted by atomic mass is 9.79. The van der Waals surface area contributed by atoms with E-state index in [2.05, 4.69) is 44.9 Å². The largest absolute Gasteiger partial charge is 0.302 e. The Morgan fingerprint density at radius 1 is 1.41 bits per heavy atom. The normalized spacial score (nSPS) is 18.1. The van der Waals surface area contributed by atoms with Crippen LogP contribution in [0.3, 0.4) is 0 Å². The molecule has 4 heteroatoms. The van der Waals surface area contributed by atoms with Gasteiger partial charge in [0, 0.05) is 10.8 Å². The Balaban J connectivity index is 2.04. The zero-order valence-corrected chi connectivity index (χ0v) is 15.5. The topological polar surface area (TPSA) is 42.0 Å². The van der Waals surface area contributed by atoms with Crippen molar-refractivity contribution in [1.82, 2.24) is 4.98 Å². The van der Waals surface area contributed by atoms with E-state index in [1.165, 1.54) is 17.0 Å². The van der Waals surface area contributed by atoms with Gasteiger partial charge in [0.05, 0.1) is 5.69 Å². The Morgan fingerprint density at radius 3 is 2.77 bits per heavy atom. The summed E-state index contributed by atoms with van der Waals surface area (Å²) in [6.45, 7) is 11.1. The van der Waals surface area contributed by atoms with E-state index in [1.807, 2.05) is 0 Å². The van der Waals surface area contributed by atoms with Crippen molar-refractivity contribution in [2.75, 3.05) is 5.32 Å². The molecule has 1 heterocycles. The van der Waals surface area contributed by atoms with Crippen LogP contribution in [0.2, 0.25) is 0 Å².